The van der Waals surface area contributed by atoms with Crippen LogP contribution in [0.4, 0.5) is 0 Å². The van der Waals surface area contributed by atoms with Crippen molar-refractivity contribution < 1.29 is 17.1 Å². The maximum Gasteiger partial charge on any atom is 2.00 e. The summed E-state index contributed by atoms with van der Waals surface area (Å²) in [6.45, 7) is 0. The standard InChI is InChI=1S/C29H13N11.Cu/c1-2-7-15-14(6-1)22-33-23(15)36-27-19-16(8-3-11-30-19)25(37-27)35-26-18-10-5-13-32-21(18)29(39-26)40-28-20-17(9-4-12-31-20)24(34-22)38-28;/h1-13H;/q-2;+2. The van der Waals surface area contributed by atoms with Crippen LogP contribution in [-0.4, -0.2) is 44.9 Å². The van der Waals surface area contributed by atoms with E-state index in [0.29, 0.717) is 62.8 Å². The van der Waals surface area contributed by atoms with E-state index in [1.54, 1.807) is 18.6 Å². The van der Waals surface area contributed by atoms with Gasteiger partial charge in [-0.3, -0.25) is 15.0 Å². The minimum atomic E-state index is 0. The van der Waals surface area contributed by atoms with E-state index >= 15 is 0 Å². The number of pyridine rings is 3. The van der Waals surface area contributed by atoms with Crippen molar-refractivity contribution in [1.29, 1.82) is 0 Å². The molecule has 6 aromatic heterocycles. The minimum Gasteiger partial charge on any atom is -0.357 e. The van der Waals surface area contributed by atoms with E-state index in [9.17, 15) is 0 Å². The maximum absolute atomic E-state index is 4.88. The molecule has 0 amide bonds. The number of hydrogen-bond acceptors (Lipinski definition) is 9. The Bertz CT molecular complexity index is 2040. The summed E-state index contributed by atoms with van der Waals surface area (Å²) in [6.07, 6.45) is 5.11. The summed E-state index contributed by atoms with van der Waals surface area (Å²) in [7, 11) is 0. The van der Waals surface area contributed by atoms with Gasteiger partial charge in [0.15, 0.2) is 0 Å². The van der Waals surface area contributed by atoms with Gasteiger partial charge in [-0.15, -0.1) is 0 Å². The molecule has 9 rings (SSSR count). The Labute approximate surface area is 240 Å². The Morgan fingerprint density at radius 2 is 0.878 bits per heavy atom. The van der Waals surface area contributed by atoms with E-state index in [1.807, 2.05) is 60.7 Å². The third-order valence-electron chi connectivity index (χ3n) is 6.88. The molecule has 7 aromatic rings. The fourth-order valence-electron chi connectivity index (χ4n) is 5.09. The van der Waals surface area contributed by atoms with Crippen LogP contribution in [0.3, 0.4) is 0 Å². The van der Waals surface area contributed by atoms with E-state index in [1.165, 1.54) is 0 Å². The van der Waals surface area contributed by atoms with Crippen molar-refractivity contribution in [3.05, 3.63) is 79.3 Å². The molecular weight excluding hydrogens is 566 g/mol. The molecule has 0 spiro atoms. The van der Waals surface area contributed by atoms with Crippen molar-refractivity contribution >= 4 is 44.3 Å². The van der Waals surface area contributed by atoms with E-state index in [-0.39, 0.29) is 17.1 Å². The van der Waals surface area contributed by atoms with E-state index in [2.05, 4.69) is 15.0 Å². The first kappa shape index (κ1) is 23.4. The monoisotopic (exact) mass is 578 g/mol. The smallest absolute Gasteiger partial charge is 0.357 e. The van der Waals surface area contributed by atoms with Crippen LogP contribution in [0.2, 0.25) is 0 Å². The van der Waals surface area contributed by atoms with E-state index < -0.39 is 0 Å². The molecule has 1 radical (unpaired) electrons. The Balaban J connectivity index is 0.00000256. The van der Waals surface area contributed by atoms with Crippen molar-refractivity contribution in [2.45, 2.75) is 0 Å². The number of aromatic nitrogens is 11. The van der Waals surface area contributed by atoms with Crippen molar-refractivity contribution in [3.8, 4) is 45.8 Å². The fourth-order valence-corrected chi connectivity index (χ4v) is 5.09. The van der Waals surface area contributed by atoms with Crippen molar-refractivity contribution in [3.63, 3.8) is 0 Å². The second kappa shape index (κ2) is 8.78. The largest absolute Gasteiger partial charge is 2.00 e. The Hall–Kier alpha value is -5.45. The van der Waals surface area contributed by atoms with Crippen LogP contribution in [0.5, 0.6) is 0 Å². The van der Waals surface area contributed by atoms with Gasteiger partial charge in [-0.2, -0.15) is 0 Å². The van der Waals surface area contributed by atoms with Crippen LogP contribution in [0.25, 0.3) is 90.1 Å². The summed E-state index contributed by atoms with van der Waals surface area (Å²) in [4.78, 5) is 52.2. The van der Waals surface area contributed by atoms with E-state index in [0.717, 1.165) is 27.3 Å². The second-order valence-corrected chi connectivity index (χ2v) is 9.23. The SMILES string of the molecule is [Cu+2].c1cnc2c(c1)-c1nc-2nc2[n-]c(nc3nc(nc4[n-]c(n1)c1cccnc41)-c1ncccc1-3)c1ccccc21. The van der Waals surface area contributed by atoms with Gasteiger partial charge in [-0.25, -0.2) is 9.97 Å². The predicted molar refractivity (Wildman–Crippen MR) is 147 cm³/mol. The number of nitrogens with zero attached hydrogens (tertiary/aromatic N) is 11. The molecule has 0 saturated heterocycles. The number of hydrogen-bond donors (Lipinski definition) is 0. The summed E-state index contributed by atoms with van der Waals surface area (Å²) < 4.78 is 0. The van der Waals surface area contributed by atoms with Crippen LogP contribution in [0.1, 0.15) is 0 Å². The first-order valence-electron chi connectivity index (χ1n) is 12.5. The molecule has 8 heterocycles. The molecule has 2 aliphatic rings. The number of fused-ring (bicyclic) bond motifs is 20. The molecule has 2 aliphatic heterocycles. The van der Waals surface area contributed by atoms with Gasteiger partial charge in [0.2, 0.25) is 0 Å². The molecule has 0 fully saturated rings. The van der Waals surface area contributed by atoms with Crippen LogP contribution in [0.15, 0.2) is 79.3 Å². The quantitative estimate of drug-likeness (QED) is 0.237. The minimum absolute atomic E-state index is 0. The van der Waals surface area contributed by atoms with Gasteiger partial charge in [0.1, 0.15) is 23.0 Å². The topological polar surface area (TPSA) is 144 Å². The zero-order chi connectivity index (χ0) is 26.2. The number of rotatable bonds is 0. The van der Waals surface area contributed by atoms with Crippen molar-refractivity contribution in [2.75, 3.05) is 0 Å². The molecule has 1 aromatic carbocycles. The average Bonchev–Trinajstić information content (AvgIpc) is 3.73. The van der Waals surface area contributed by atoms with E-state index in [4.69, 9.17) is 39.9 Å². The molecule has 0 atom stereocenters. The van der Waals surface area contributed by atoms with Gasteiger partial charge >= 0.3 is 17.1 Å². The Kier molecular flexibility index (Phi) is 5.02. The molecule has 0 aliphatic carbocycles. The molecule has 0 saturated carbocycles. The van der Waals surface area contributed by atoms with Gasteiger partial charge in [-0.1, -0.05) is 30.3 Å². The first-order chi connectivity index (χ1) is 19.8. The summed E-state index contributed by atoms with van der Waals surface area (Å²) in [6, 6.07) is 19.1. The molecule has 8 bridgehead atoms. The van der Waals surface area contributed by atoms with Crippen LogP contribution in [-0.2, 0) is 17.1 Å². The van der Waals surface area contributed by atoms with Crippen LogP contribution >= 0.6 is 0 Å². The Morgan fingerprint density at radius 3 is 1.51 bits per heavy atom. The molecule has 195 valence electrons. The van der Waals surface area contributed by atoms with Crippen LogP contribution in [0, 0.1) is 0 Å². The molecular formula is C29H13CuN11. The van der Waals surface area contributed by atoms with Gasteiger partial charge in [-0.05, 0) is 41.1 Å². The van der Waals surface area contributed by atoms with Gasteiger partial charge in [0, 0.05) is 57.7 Å². The molecule has 12 heteroatoms. The second-order valence-electron chi connectivity index (χ2n) is 9.23. The van der Waals surface area contributed by atoms with Gasteiger partial charge in [0.05, 0.1) is 17.2 Å². The third kappa shape index (κ3) is 3.48. The zero-order valence-electron chi connectivity index (χ0n) is 20.7. The van der Waals surface area contributed by atoms with Crippen molar-refractivity contribution in [1.82, 2.24) is 54.8 Å². The zero-order valence-corrected chi connectivity index (χ0v) is 21.7. The number of benzene rings is 1. The Morgan fingerprint density at radius 1 is 0.415 bits per heavy atom. The summed E-state index contributed by atoms with van der Waals surface area (Å²) in [5.41, 5.74) is 5.13. The van der Waals surface area contributed by atoms with Gasteiger partial charge < -0.3 is 29.9 Å². The fraction of sp³-hybridized carbons (Fsp3) is 0. The summed E-state index contributed by atoms with van der Waals surface area (Å²) in [5.74, 6) is 1.71. The molecule has 41 heavy (non-hydrogen) atoms. The average molecular weight is 579 g/mol. The van der Waals surface area contributed by atoms with Crippen molar-refractivity contribution in [2.24, 2.45) is 0 Å². The molecule has 0 unspecified atom stereocenters. The normalized spacial score (nSPS) is 11.7. The first-order valence-corrected chi connectivity index (χ1v) is 12.5. The molecule has 0 N–H and O–H groups in total. The van der Waals surface area contributed by atoms with Crippen LogP contribution < -0.4 is 9.97 Å². The maximum atomic E-state index is 4.88. The molecule has 11 nitrogen and oxygen atoms in total. The predicted octanol–water partition coefficient (Wildman–Crippen LogP) is 4.31. The third-order valence-corrected chi connectivity index (χ3v) is 6.88. The summed E-state index contributed by atoms with van der Waals surface area (Å²) in [5, 5.41) is 2.43. The van der Waals surface area contributed by atoms with Gasteiger partial charge in [0.25, 0.3) is 0 Å². The summed E-state index contributed by atoms with van der Waals surface area (Å²) >= 11 is 0.